The molecule has 0 atom stereocenters. The van der Waals surface area contributed by atoms with Gasteiger partial charge in [0.05, 0.1) is 5.69 Å². The van der Waals surface area contributed by atoms with Crippen molar-refractivity contribution in [3.8, 4) is 11.3 Å². The van der Waals surface area contributed by atoms with Gasteiger partial charge in [-0.3, -0.25) is 4.79 Å². The van der Waals surface area contributed by atoms with E-state index in [9.17, 15) is 4.79 Å². The molecule has 1 aliphatic heterocycles. The van der Waals surface area contributed by atoms with E-state index in [0.717, 1.165) is 46.5 Å². The second-order valence-electron chi connectivity index (χ2n) is 6.74. The normalized spacial score (nSPS) is 14.2. The fourth-order valence-corrected chi connectivity index (χ4v) is 3.44. The Bertz CT molecular complexity index is 941. The maximum Gasteiger partial charge on any atom is 0.161 e. The zero-order valence-corrected chi connectivity index (χ0v) is 14.6. The topological polar surface area (TPSA) is 46.1 Å². The average molecular weight is 331 g/mol. The van der Waals surface area contributed by atoms with E-state index in [4.69, 9.17) is 4.98 Å². The van der Waals surface area contributed by atoms with Gasteiger partial charge in [-0.05, 0) is 44.4 Å². The summed E-state index contributed by atoms with van der Waals surface area (Å²) in [5, 5.41) is 1.12. The number of hydrogen-bond acceptors (Lipinski definition) is 4. The van der Waals surface area contributed by atoms with Crippen LogP contribution in [0, 0.1) is 6.92 Å². The minimum atomic E-state index is 0.0768. The van der Waals surface area contributed by atoms with Gasteiger partial charge in [0.1, 0.15) is 0 Å². The standard InChI is InChI=1S/C21H21N3O/c1-14-11-18-20(24-9-3-4-10-24)12-19(23-21(18)22-13-14)17-7-5-16(6-8-17)15(2)25/h5-8,11-13H,3-4,9-10H2,1-2H3. The number of nitrogens with zero attached hydrogens (tertiary/aromatic N) is 3. The van der Waals surface area contributed by atoms with E-state index in [2.05, 4.69) is 28.9 Å². The maximum atomic E-state index is 11.5. The first-order chi connectivity index (χ1) is 12.1. The van der Waals surface area contributed by atoms with Gasteiger partial charge in [-0.15, -0.1) is 0 Å². The molecule has 0 radical (unpaired) electrons. The third kappa shape index (κ3) is 3.00. The fraction of sp³-hybridized carbons (Fsp3) is 0.286. The Morgan fingerprint density at radius 2 is 1.80 bits per heavy atom. The molecule has 3 heterocycles. The van der Waals surface area contributed by atoms with Gasteiger partial charge in [-0.25, -0.2) is 9.97 Å². The second kappa shape index (κ2) is 6.28. The highest BCUT2D eigenvalue weighted by Gasteiger charge is 2.18. The van der Waals surface area contributed by atoms with Crippen molar-refractivity contribution >= 4 is 22.5 Å². The summed E-state index contributed by atoms with van der Waals surface area (Å²) >= 11 is 0. The van der Waals surface area contributed by atoms with Gasteiger partial charge in [-0.2, -0.15) is 0 Å². The highest BCUT2D eigenvalue weighted by atomic mass is 16.1. The number of Topliss-reactive ketones (excluding diaryl/α,β-unsaturated/α-hetero) is 1. The van der Waals surface area contributed by atoms with Crippen LogP contribution >= 0.6 is 0 Å². The quantitative estimate of drug-likeness (QED) is 0.667. The minimum absolute atomic E-state index is 0.0768. The number of rotatable bonds is 3. The van der Waals surface area contributed by atoms with Crippen LogP contribution in [-0.2, 0) is 0 Å². The van der Waals surface area contributed by atoms with Crippen molar-refractivity contribution in [2.24, 2.45) is 0 Å². The Labute approximate surface area is 147 Å². The molecule has 0 unspecified atom stereocenters. The SMILES string of the molecule is CC(=O)c1ccc(-c2cc(N3CCCC3)c3cc(C)cnc3n2)cc1. The largest absolute Gasteiger partial charge is 0.371 e. The summed E-state index contributed by atoms with van der Waals surface area (Å²) < 4.78 is 0. The molecular weight excluding hydrogens is 310 g/mol. The Morgan fingerprint density at radius 3 is 2.48 bits per heavy atom. The van der Waals surface area contributed by atoms with E-state index >= 15 is 0 Å². The van der Waals surface area contributed by atoms with Crippen LogP contribution in [0.5, 0.6) is 0 Å². The van der Waals surface area contributed by atoms with E-state index in [0.29, 0.717) is 0 Å². The summed E-state index contributed by atoms with van der Waals surface area (Å²) in [6, 6.07) is 12.0. The molecule has 1 saturated heterocycles. The zero-order chi connectivity index (χ0) is 17.4. The number of carbonyl (C=O) groups is 1. The Kier molecular flexibility index (Phi) is 3.96. The molecule has 0 spiro atoms. The van der Waals surface area contributed by atoms with Gasteiger partial charge >= 0.3 is 0 Å². The highest BCUT2D eigenvalue weighted by Crippen LogP contribution is 2.32. The molecule has 0 bridgehead atoms. The number of fused-ring (bicyclic) bond motifs is 1. The van der Waals surface area contributed by atoms with E-state index in [1.54, 1.807) is 6.92 Å². The molecule has 4 rings (SSSR count). The van der Waals surface area contributed by atoms with Crippen molar-refractivity contribution in [2.45, 2.75) is 26.7 Å². The van der Waals surface area contributed by atoms with Crippen LogP contribution in [0.2, 0.25) is 0 Å². The number of hydrogen-bond donors (Lipinski definition) is 0. The lowest BCUT2D eigenvalue weighted by Gasteiger charge is -2.20. The number of aromatic nitrogens is 2. The summed E-state index contributed by atoms with van der Waals surface area (Å²) in [4.78, 5) is 23.2. The summed E-state index contributed by atoms with van der Waals surface area (Å²) in [6.45, 7) is 5.81. The monoisotopic (exact) mass is 331 g/mol. The predicted octanol–water partition coefficient (Wildman–Crippen LogP) is 4.41. The maximum absolute atomic E-state index is 11.5. The highest BCUT2D eigenvalue weighted by molar-refractivity contribution is 5.95. The van der Waals surface area contributed by atoms with Gasteiger partial charge in [-0.1, -0.05) is 24.3 Å². The predicted molar refractivity (Wildman–Crippen MR) is 101 cm³/mol. The lowest BCUT2D eigenvalue weighted by atomic mass is 10.0. The molecule has 126 valence electrons. The number of anilines is 1. The molecule has 1 fully saturated rings. The number of carbonyl (C=O) groups excluding carboxylic acids is 1. The summed E-state index contributed by atoms with van der Waals surface area (Å²) in [7, 11) is 0. The molecule has 4 nitrogen and oxygen atoms in total. The van der Waals surface area contributed by atoms with Crippen molar-refractivity contribution < 1.29 is 4.79 Å². The first-order valence-corrected chi connectivity index (χ1v) is 8.75. The van der Waals surface area contributed by atoms with Crippen molar-refractivity contribution in [1.82, 2.24) is 9.97 Å². The van der Waals surface area contributed by atoms with Crippen LogP contribution < -0.4 is 4.90 Å². The molecule has 0 saturated carbocycles. The third-order valence-corrected chi connectivity index (χ3v) is 4.81. The molecule has 0 N–H and O–H groups in total. The molecule has 4 heteroatoms. The van der Waals surface area contributed by atoms with E-state index in [-0.39, 0.29) is 5.78 Å². The first-order valence-electron chi connectivity index (χ1n) is 8.75. The number of ketones is 1. The molecule has 25 heavy (non-hydrogen) atoms. The zero-order valence-electron chi connectivity index (χ0n) is 14.6. The van der Waals surface area contributed by atoms with E-state index in [1.165, 1.54) is 18.5 Å². The van der Waals surface area contributed by atoms with Crippen LogP contribution in [-0.4, -0.2) is 28.8 Å². The molecule has 3 aromatic rings. The average Bonchev–Trinajstić information content (AvgIpc) is 3.15. The number of benzene rings is 1. The van der Waals surface area contributed by atoms with Crippen LogP contribution in [0.4, 0.5) is 5.69 Å². The second-order valence-corrected chi connectivity index (χ2v) is 6.74. The molecule has 0 amide bonds. The molecule has 2 aromatic heterocycles. The van der Waals surface area contributed by atoms with Crippen LogP contribution in [0.1, 0.15) is 35.7 Å². The van der Waals surface area contributed by atoms with Crippen LogP contribution in [0.3, 0.4) is 0 Å². The number of aryl methyl sites for hydroxylation is 1. The van der Waals surface area contributed by atoms with Crippen LogP contribution in [0.25, 0.3) is 22.3 Å². The van der Waals surface area contributed by atoms with E-state index in [1.807, 2.05) is 30.5 Å². The van der Waals surface area contributed by atoms with Gasteiger partial charge in [0.15, 0.2) is 11.4 Å². The van der Waals surface area contributed by atoms with Crippen molar-refractivity contribution in [1.29, 1.82) is 0 Å². The molecule has 0 aliphatic carbocycles. The van der Waals surface area contributed by atoms with E-state index < -0.39 is 0 Å². The fourth-order valence-electron chi connectivity index (χ4n) is 3.44. The Hall–Kier alpha value is -2.75. The van der Waals surface area contributed by atoms with Gasteiger partial charge < -0.3 is 4.90 Å². The first kappa shape index (κ1) is 15.8. The molecule has 1 aromatic carbocycles. The summed E-state index contributed by atoms with van der Waals surface area (Å²) in [6.07, 6.45) is 4.32. The van der Waals surface area contributed by atoms with Crippen molar-refractivity contribution in [2.75, 3.05) is 18.0 Å². The van der Waals surface area contributed by atoms with Gasteiger partial charge in [0.2, 0.25) is 0 Å². The third-order valence-electron chi connectivity index (χ3n) is 4.81. The summed E-state index contributed by atoms with van der Waals surface area (Å²) in [5.74, 6) is 0.0768. The smallest absolute Gasteiger partial charge is 0.161 e. The van der Waals surface area contributed by atoms with Crippen molar-refractivity contribution in [3.63, 3.8) is 0 Å². The molecular formula is C21H21N3O. The number of pyridine rings is 2. The Morgan fingerprint density at radius 1 is 1.08 bits per heavy atom. The Balaban J connectivity index is 1.86. The lowest BCUT2D eigenvalue weighted by molar-refractivity contribution is 0.101. The van der Waals surface area contributed by atoms with Crippen LogP contribution in [0.15, 0.2) is 42.6 Å². The minimum Gasteiger partial charge on any atom is -0.371 e. The van der Waals surface area contributed by atoms with Gasteiger partial charge in [0.25, 0.3) is 0 Å². The summed E-state index contributed by atoms with van der Waals surface area (Å²) in [5.41, 5.74) is 5.77. The molecule has 1 aliphatic rings. The lowest BCUT2D eigenvalue weighted by Crippen LogP contribution is -2.18. The van der Waals surface area contributed by atoms with Gasteiger partial charge in [0, 0.05) is 41.5 Å². The van der Waals surface area contributed by atoms with Crippen molar-refractivity contribution in [3.05, 3.63) is 53.7 Å².